The van der Waals surface area contributed by atoms with Crippen molar-refractivity contribution in [2.75, 3.05) is 0 Å². The van der Waals surface area contributed by atoms with E-state index in [1.807, 2.05) is 0 Å². The Morgan fingerprint density at radius 2 is 1.84 bits per heavy atom. The summed E-state index contributed by atoms with van der Waals surface area (Å²) in [7, 11) is 0. The van der Waals surface area contributed by atoms with Gasteiger partial charge < -0.3 is 0 Å². The zero-order chi connectivity index (χ0) is 13.3. The molecule has 0 radical (unpaired) electrons. The van der Waals surface area contributed by atoms with Crippen molar-refractivity contribution in [1.29, 1.82) is 0 Å². The zero-order valence-electron chi connectivity index (χ0n) is 12.6. The van der Waals surface area contributed by atoms with Gasteiger partial charge in [0.2, 0.25) is 0 Å². The van der Waals surface area contributed by atoms with Gasteiger partial charge in [0.25, 0.3) is 0 Å². The third-order valence-corrected chi connectivity index (χ3v) is 7.90. The van der Waals surface area contributed by atoms with Crippen molar-refractivity contribution in [2.24, 2.45) is 34.5 Å². The average molecular weight is 260 g/mol. The molecule has 19 heavy (non-hydrogen) atoms. The lowest BCUT2D eigenvalue weighted by atomic mass is 9.48. The highest BCUT2D eigenvalue weighted by atomic mass is 16.1. The zero-order valence-corrected chi connectivity index (χ0v) is 12.6. The first-order valence-corrected chi connectivity index (χ1v) is 8.55. The SMILES string of the molecule is CC12CCCC1C1CCC3CC(=O)CC3(C)C1CC2. The molecule has 4 saturated carbocycles. The smallest absolute Gasteiger partial charge is 0.133 e. The number of hydrogen-bond acceptors (Lipinski definition) is 1. The van der Waals surface area contributed by atoms with Crippen LogP contribution in [0.1, 0.15) is 71.6 Å². The molecule has 6 atom stereocenters. The second-order valence-electron chi connectivity index (χ2n) is 8.66. The van der Waals surface area contributed by atoms with Crippen LogP contribution >= 0.6 is 0 Å². The van der Waals surface area contributed by atoms with Crippen LogP contribution in [0.3, 0.4) is 0 Å². The fourth-order valence-electron chi connectivity index (χ4n) is 6.91. The Hall–Kier alpha value is -0.330. The summed E-state index contributed by atoms with van der Waals surface area (Å²) in [5.74, 6) is 4.10. The van der Waals surface area contributed by atoms with Gasteiger partial charge in [-0.3, -0.25) is 4.79 Å². The van der Waals surface area contributed by atoms with Gasteiger partial charge in [-0.25, -0.2) is 0 Å². The summed E-state index contributed by atoms with van der Waals surface area (Å²) in [5.41, 5.74) is 1.04. The fraction of sp³-hybridized carbons (Fsp3) is 0.944. The molecular formula is C18H28O. The second kappa shape index (κ2) is 3.86. The molecule has 4 aliphatic carbocycles. The van der Waals surface area contributed by atoms with Gasteiger partial charge in [-0.15, -0.1) is 0 Å². The predicted molar refractivity (Wildman–Crippen MR) is 76.7 cm³/mol. The molecule has 1 heteroatoms. The van der Waals surface area contributed by atoms with E-state index >= 15 is 0 Å². The van der Waals surface area contributed by atoms with Gasteiger partial charge in [0.1, 0.15) is 5.78 Å². The van der Waals surface area contributed by atoms with Crippen molar-refractivity contribution in [3.8, 4) is 0 Å². The molecule has 0 aromatic carbocycles. The highest BCUT2D eigenvalue weighted by Crippen LogP contribution is 2.66. The summed E-state index contributed by atoms with van der Waals surface area (Å²) in [4.78, 5) is 12.0. The summed E-state index contributed by atoms with van der Waals surface area (Å²) in [6.07, 6.45) is 11.8. The van der Waals surface area contributed by atoms with E-state index in [4.69, 9.17) is 0 Å². The first-order valence-electron chi connectivity index (χ1n) is 8.55. The lowest BCUT2D eigenvalue weighted by molar-refractivity contribution is -0.118. The maximum atomic E-state index is 12.0. The van der Waals surface area contributed by atoms with E-state index in [1.165, 1.54) is 44.9 Å². The number of rotatable bonds is 0. The van der Waals surface area contributed by atoms with Crippen LogP contribution in [0.5, 0.6) is 0 Å². The van der Waals surface area contributed by atoms with E-state index in [0.717, 1.165) is 36.5 Å². The molecule has 0 N–H and O–H groups in total. The molecule has 0 aromatic rings. The van der Waals surface area contributed by atoms with E-state index in [9.17, 15) is 4.79 Å². The average Bonchev–Trinajstić information content (AvgIpc) is 2.87. The molecule has 0 spiro atoms. The molecule has 106 valence electrons. The molecule has 4 fully saturated rings. The Balaban J connectivity index is 1.67. The van der Waals surface area contributed by atoms with Crippen molar-refractivity contribution in [3.63, 3.8) is 0 Å². The van der Waals surface area contributed by atoms with Gasteiger partial charge in [0.15, 0.2) is 0 Å². The molecule has 0 amide bonds. The van der Waals surface area contributed by atoms with E-state index in [-0.39, 0.29) is 0 Å². The van der Waals surface area contributed by atoms with Gasteiger partial charge in [-0.1, -0.05) is 20.3 Å². The monoisotopic (exact) mass is 260 g/mol. The van der Waals surface area contributed by atoms with Gasteiger partial charge in [0, 0.05) is 12.8 Å². The molecule has 1 nitrogen and oxygen atoms in total. The summed E-state index contributed by atoms with van der Waals surface area (Å²) < 4.78 is 0. The quantitative estimate of drug-likeness (QED) is 0.622. The minimum atomic E-state index is 0.379. The number of hydrogen-bond donors (Lipinski definition) is 0. The van der Waals surface area contributed by atoms with Crippen LogP contribution in [-0.2, 0) is 4.79 Å². The molecule has 4 rings (SSSR count). The van der Waals surface area contributed by atoms with Gasteiger partial charge in [0.05, 0.1) is 0 Å². The number of carbonyl (C=O) groups excluding carboxylic acids is 1. The van der Waals surface area contributed by atoms with E-state index in [0.29, 0.717) is 16.6 Å². The molecule has 6 unspecified atom stereocenters. The maximum absolute atomic E-state index is 12.0. The predicted octanol–water partition coefficient (Wildman–Crippen LogP) is 4.60. The van der Waals surface area contributed by atoms with Crippen molar-refractivity contribution < 1.29 is 4.79 Å². The maximum Gasteiger partial charge on any atom is 0.133 e. The van der Waals surface area contributed by atoms with E-state index in [2.05, 4.69) is 13.8 Å². The van der Waals surface area contributed by atoms with Crippen LogP contribution in [0.4, 0.5) is 0 Å². The molecule has 0 saturated heterocycles. The fourth-order valence-corrected chi connectivity index (χ4v) is 6.91. The minimum Gasteiger partial charge on any atom is -0.300 e. The first kappa shape index (κ1) is 12.4. The standard InChI is InChI=1S/C18H28O/c1-17-8-3-4-15(17)14-6-5-12-10-13(19)11-18(12,2)16(14)7-9-17/h12,14-16H,3-11H2,1-2H3. The Labute approximate surface area is 117 Å². The van der Waals surface area contributed by atoms with Crippen molar-refractivity contribution in [2.45, 2.75) is 71.6 Å². The molecule has 0 heterocycles. The van der Waals surface area contributed by atoms with Gasteiger partial charge >= 0.3 is 0 Å². The van der Waals surface area contributed by atoms with Crippen LogP contribution in [0, 0.1) is 34.5 Å². The number of fused-ring (bicyclic) bond motifs is 5. The second-order valence-corrected chi connectivity index (χ2v) is 8.66. The molecule has 0 bridgehead atoms. The summed E-state index contributed by atoms with van der Waals surface area (Å²) in [5, 5.41) is 0. The molecular weight excluding hydrogens is 232 g/mol. The highest BCUT2D eigenvalue weighted by molar-refractivity contribution is 5.82. The third-order valence-electron chi connectivity index (χ3n) is 7.90. The van der Waals surface area contributed by atoms with E-state index in [1.54, 1.807) is 0 Å². The van der Waals surface area contributed by atoms with Crippen LogP contribution < -0.4 is 0 Å². The number of ketones is 1. The summed E-state index contributed by atoms with van der Waals surface area (Å²) in [6, 6.07) is 0. The van der Waals surface area contributed by atoms with Crippen LogP contribution in [-0.4, -0.2) is 5.78 Å². The van der Waals surface area contributed by atoms with Crippen molar-refractivity contribution in [1.82, 2.24) is 0 Å². The van der Waals surface area contributed by atoms with Crippen molar-refractivity contribution >= 4 is 5.78 Å². The van der Waals surface area contributed by atoms with E-state index < -0.39 is 0 Å². The largest absolute Gasteiger partial charge is 0.300 e. The van der Waals surface area contributed by atoms with Gasteiger partial charge in [-0.2, -0.15) is 0 Å². The Kier molecular flexibility index (Phi) is 2.52. The normalized spacial score (nSPS) is 56.6. The highest BCUT2D eigenvalue weighted by Gasteiger charge is 2.59. The Morgan fingerprint density at radius 3 is 2.68 bits per heavy atom. The number of carbonyl (C=O) groups is 1. The minimum absolute atomic E-state index is 0.379. The van der Waals surface area contributed by atoms with Crippen LogP contribution in [0.2, 0.25) is 0 Å². The Bertz CT molecular complexity index is 414. The molecule has 0 aliphatic heterocycles. The van der Waals surface area contributed by atoms with Gasteiger partial charge in [-0.05, 0) is 73.0 Å². The topological polar surface area (TPSA) is 17.1 Å². The summed E-state index contributed by atoms with van der Waals surface area (Å²) >= 11 is 0. The number of Topliss-reactive ketones (excluding diaryl/α,β-unsaturated/α-hetero) is 1. The van der Waals surface area contributed by atoms with Crippen LogP contribution in [0.15, 0.2) is 0 Å². The molecule has 4 aliphatic rings. The Morgan fingerprint density at radius 1 is 1.00 bits per heavy atom. The first-order chi connectivity index (χ1) is 9.03. The molecule has 0 aromatic heterocycles. The third kappa shape index (κ3) is 1.56. The van der Waals surface area contributed by atoms with Crippen molar-refractivity contribution in [3.05, 3.63) is 0 Å². The summed E-state index contributed by atoms with van der Waals surface area (Å²) in [6.45, 7) is 5.03. The lowest BCUT2D eigenvalue weighted by Crippen LogP contribution is -2.49. The van der Waals surface area contributed by atoms with Crippen LogP contribution in [0.25, 0.3) is 0 Å². The lowest BCUT2D eigenvalue weighted by Gasteiger charge is -2.56.